The van der Waals surface area contributed by atoms with E-state index < -0.39 is 5.82 Å². The van der Waals surface area contributed by atoms with E-state index in [9.17, 15) is 9.18 Å². The number of aromatic nitrogens is 1. The van der Waals surface area contributed by atoms with Gasteiger partial charge in [0.1, 0.15) is 5.82 Å². The maximum absolute atomic E-state index is 13.9. The molecule has 1 aromatic heterocycles. The van der Waals surface area contributed by atoms with E-state index in [0.717, 1.165) is 26.1 Å². The molecule has 126 valence electrons. The summed E-state index contributed by atoms with van der Waals surface area (Å²) in [4.78, 5) is 20.5. The first kappa shape index (κ1) is 16.9. The molecular formula is C18H19ClFN3O. The minimum absolute atomic E-state index is 0.0237. The number of carbonyl (C=O) groups excluding carboxylic acids is 1. The summed E-state index contributed by atoms with van der Waals surface area (Å²) in [5.74, 6) is -0.889. The highest BCUT2D eigenvalue weighted by Crippen LogP contribution is 2.21. The van der Waals surface area contributed by atoms with Crippen molar-refractivity contribution in [3.8, 4) is 0 Å². The average molecular weight is 348 g/mol. The molecule has 0 bridgehead atoms. The monoisotopic (exact) mass is 347 g/mol. The molecule has 0 N–H and O–H groups in total. The number of piperazine rings is 1. The minimum Gasteiger partial charge on any atom is -0.336 e. The molecule has 1 fully saturated rings. The van der Waals surface area contributed by atoms with Gasteiger partial charge < -0.3 is 4.90 Å². The fourth-order valence-electron chi connectivity index (χ4n) is 2.87. The number of carbonyl (C=O) groups is 1. The lowest BCUT2D eigenvalue weighted by Gasteiger charge is -2.35. The zero-order valence-electron chi connectivity index (χ0n) is 13.3. The Balaban J connectivity index is 1.54. The largest absolute Gasteiger partial charge is 0.336 e. The second kappa shape index (κ2) is 7.73. The Morgan fingerprint density at radius 2 is 1.83 bits per heavy atom. The van der Waals surface area contributed by atoms with Gasteiger partial charge in [0.25, 0.3) is 5.91 Å². The van der Waals surface area contributed by atoms with Crippen LogP contribution in [0.15, 0.2) is 42.7 Å². The number of halogens is 2. The lowest BCUT2D eigenvalue weighted by Crippen LogP contribution is -2.49. The molecule has 1 aliphatic heterocycles. The van der Waals surface area contributed by atoms with Crippen LogP contribution in [0.3, 0.4) is 0 Å². The molecule has 0 unspecified atom stereocenters. The Kier molecular flexibility index (Phi) is 5.43. The van der Waals surface area contributed by atoms with Gasteiger partial charge in [-0.25, -0.2) is 4.39 Å². The molecule has 0 saturated carbocycles. The molecule has 1 aromatic carbocycles. The van der Waals surface area contributed by atoms with Crippen molar-refractivity contribution in [1.29, 1.82) is 0 Å². The highest BCUT2D eigenvalue weighted by Gasteiger charge is 2.25. The van der Waals surface area contributed by atoms with E-state index in [1.807, 2.05) is 12.1 Å². The van der Waals surface area contributed by atoms with Crippen molar-refractivity contribution in [3.63, 3.8) is 0 Å². The van der Waals surface area contributed by atoms with Gasteiger partial charge in [0.05, 0.1) is 10.6 Å². The van der Waals surface area contributed by atoms with Crippen molar-refractivity contribution < 1.29 is 9.18 Å². The standard InChI is InChI=1S/C18H19ClFN3O/c19-15-2-1-3-16(20)17(15)18(24)23-12-10-22(11-13-23)9-6-14-4-7-21-8-5-14/h1-5,7-8H,6,9-13H2. The lowest BCUT2D eigenvalue weighted by molar-refractivity contribution is 0.0634. The molecule has 0 atom stereocenters. The predicted octanol–water partition coefficient (Wildman–Crippen LogP) is 2.87. The summed E-state index contributed by atoms with van der Waals surface area (Å²) in [5, 5.41) is 0.167. The second-order valence-electron chi connectivity index (χ2n) is 5.84. The minimum atomic E-state index is -0.562. The van der Waals surface area contributed by atoms with E-state index in [2.05, 4.69) is 9.88 Å². The van der Waals surface area contributed by atoms with Crippen molar-refractivity contribution in [3.05, 3.63) is 64.7 Å². The molecular weight excluding hydrogens is 329 g/mol. The number of rotatable bonds is 4. The molecule has 1 amide bonds. The SMILES string of the molecule is O=C(c1c(F)cccc1Cl)N1CCN(CCc2ccncc2)CC1. The highest BCUT2D eigenvalue weighted by molar-refractivity contribution is 6.33. The topological polar surface area (TPSA) is 36.4 Å². The van der Waals surface area contributed by atoms with Gasteiger partial charge in [-0.15, -0.1) is 0 Å². The first-order valence-corrected chi connectivity index (χ1v) is 8.37. The quantitative estimate of drug-likeness (QED) is 0.853. The highest BCUT2D eigenvalue weighted by atomic mass is 35.5. The Morgan fingerprint density at radius 3 is 2.50 bits per heavy atom. The number of nitrogens with zero attached hydrogens (tertiary/aromatic N) is 3. The third kappa shape index (κ3) is 3.91. The Morgan fingerprint density at radius 1 is 1.12 bits per heavy atom. The summed E-state index contributed by atoms with van der Waals surface area (Å²) in [6, 6.07) is 8.35. The predicted molar refractivity (Wildman–Crippen MR) is 91.7 cm³/mol. The van der Waals surface area contributed by atoms with E-state index in [0.29, 0.717) is 13.1 Å². The number of pyridine rings is 1. The maximum atomic E-state index is 13.9. The molecule has 2 aromatic rings. The molecule has 1 saturated heterocycles. The molecule has 0 spiro atoms. The normalized spacial score (nSPS) is 15.5. The number of amides is 1. The van der Waals surface area contributed by atoms with Gasteiger partial charge in [0, 0.05) is 45.1 Å². The fourth-order valence-corrected chi connectivity index (χ4v) is 3.12. The first-order valence-electron chi connectivity index (χ1n) is 7.99. The molecule has 6 heteroatoms. The Hall–Kier alpha value is -1.98. The fraction of sp³-hybridized carbons (Fsp3) is 0.333. The van der Waals surface area contributed by atoms with Crippen LogP contribution >= 0.6 is 11.6 Å². The van der Waals surface area contributed by atoms with Crippen LogP contribution in [-0.4, -0.2) is 53.4 Å². The summed E-state index contributed by atoms with van der Waals surface area (Å²) in [6.07, 6.45) is 4.55. The Bertz CT molecular complexity index is 682. The van der Waals surface area contributed by atoms with Crippen molar-refractivity contribution in [2.24, 2.45) is 0 Å². The molecule has 4 nitrogen and oxygen atoms in total. The summed E-state index contributed by atoms with van der Waals surface area (Å²) >= 11 is 5.99. The zero-order valence-corrected chi connectivity index (χ0v) is 14.0. The zero-order chi connectivity index (χ0) is 16.9. The van der Waals surface area contributed by atoms with Gasteiger partial charge >= 0.3 is 0 Å². The van der Waals surface area contributed by atoms with Crippen molar-refractivity contribution in [2.45, 2.75) is 6.42 Å². The van der Waals surface area contributed by atoms with E-state index in [1.54, 1.807) is 23.4 Å². The first-order chi connectivity index (χ1) is 11.6. The lowest BCUT2D eigenvalue weighted by atomic mass is 10.1. The van der Waals surface area contributed by atoms with Crippen LogP contribution in [-0.2, 0) is 6.42 Å². The van der Waals surface area contributed by atoms with Gasteiger partial charge in [-0.3, -0.25) is 14.7 Å². The molecule has 1 aliphatic rings. The molecule has 3 rings (SSSR count). The van der Waals surface area contributed by atoms with Crippen LogP contribution < -0.4 is 0 Å². The summed E-state index contributed by atoms with van der Waals surface area (Å²) in [5.41, 5.74) is 1.23. The van der Waals surface area contributed by atoms with Crippen LogP contribution in [0.25, 0.3) is 0 Å². The summed E-state index contributed by atoms with van der Waals surface area (Å²) in [7, 11) is 0. The molecule has 2 heterocycles. The van der Waals surface area contributed by atoms with Crippen LogP contribution in [0.1, 0.15) is 15.9 Å². The third-order valence-corrected chi connectivity index (χ3v) is 4.62. The van der Waals surface area contributed by atoms with Crippen LogP contribution in [0.2, 0.25) is 5.02 Å². The molecule has 0 aliphatic carbocycles. The maximum Gasteiger partial charge on any atom is 0.258 e. The van der Waals surface area contributed by atoms with Crippen LogP contribution in [0.5, 0.6) is 0 Å². The van der Waals surface area contributed by atoms with Crippen molar-refractivity contribution in [2.75, 3.05) is 32.7 Å². The smallest absolute Gasteiger partial charge is 0.258 e. The van der Waals surface area contributed by atoms with E-state index in [-0.39, 0.29) is 16.5 Å². The average Bonchev–Trinajstić information content (AvgIpc) is 2.61. The summed E-state index contributed by atoms with van der Waals surface area (Å²) in [6.45, 7) is 3.66. The Labute approximate surface area is 145 Å². The number of benzene rings is 1. The molecule has 0 radical (unpaired) electrons. The summed E-state index contributed by atoms with van der Waals surface area (Å²) < 4.78 is 13.9. The van der Waals surface area contributed by atoms with E-state index in [1.165, 1.54) is 17.7 Å². The number of hydrogen-bond donors (Lipinski definition) is 0. The molecule has 24 heavy (non-hydrogen) atoms. The van der Waals surface area contributed by atoms with Gasteiger partial charge in [0.15, 0.2) is 0 Å². The van der Waals surface area contributed by atoms with Crippen LogP contribution in [0.4, 0.5) is 4.39 Å². The van der Waals surface area contributed by atoms with E-state index in [4.69, 9.17) is 11.6 Å². The van der Waals surface area contributed by atoms with Gasteiger partial charge in [-0.1, -0.05) is 17.7 Å². The van der Waals surface area contributed by atoms with Crippen molar-refractivity contribution >= 4 is 17.5 Å². The third-order valence-electron chi connectivity index (χ3n) is 4.30. The number of hydrogen-bond acceptors (Lipinski definition) is 3. The van der Waals surface area contributed by atoms with Gasteiger partial charge in [-0.05, 0) is 36.2 Å². The second-order valence-corrected chi connectivity index (χ2v) is 6.24. The van der Waals surface area contributed by atoms with Gasteiger partial charge in [0.2, 0.25) is 0 Å². The van der Waals surface area contributed by atoms with Crippen LogP contribution in [0, 0.1) is 5.82 Å². The van der Waals surface area contributed by atoms with Crippen molar-refractivity contribution in [1.82, 2.24) is 14.8 Å². The van der Waals surface area contributed by atoms with E-state index >= 15 is 0 Å². The van der Waals surface area contributed by atoms with Gasteiger partial charge in [-0.2, -0.15) is 0 Å².